The quantitative estimate of drug-likeness (QED) is 0.366. The van der Waals surface area contributed by atoms with Crippen molar-refractivity contribution in [3.8, 4) is 5.75 Å². The van der Waals surface area contributed by atoms with E-state index in [2.05, 4.69) is 4.74 Å². The van der Waals surface area contributed by atoms with Gasteiger partial charge in [-0.15, -0.1) is 0 Å². The molecule has 1 unspecified atom stereocenters. The Bertz CT molecular complexity index is 446. The van der Waals surface area contributed by atoms with Gasteiger partial charge in [0.1, 0.15) is 11.4 Å². The molecule has 7 nitrogen and oxygen atoms in total. The number of ether oxygens (including phenoxy) is 2. The van der Waals surface area contributed by atoms with Crippen molar-refractivity contribution in [1.29, 1.82) is 0 Å². The van der Waals surface area contributed by atoms with E-state index in [0.717, 1.165) is 6.07 Å². The van der Waals surface area contributed by atoms with E-state index in [4.69, 9.17) is 10.5 Å². The third-order valence-corrected chi connectivity index (χ3v) is 2.04. The molecule has 0 bridgehead atoms. The molecule has 1 aromatic rings. The van der Waals surface area contributed by atoms with Gasteiger partial charge in [-0.05, 0) is 19.1 Å². The lowest BCUT2D eigenvalue weighted by atomic mass is 10.2. The first-order valence-corrected chi connectivity index (χ1v) is 4.74. The monoisotopic (exact) mass is 240 g/mol. The predicted octanol–water partition coefficient (Wildman–Crippen LogP) is 1.12. The highest BCUT2D eigenvalue weighted by Crippen LogP contribution is 2.27. The standard InChI is InChI=1S/C10H12N2O5/c1-6(10(13)16-2)17-7-3-4-8(11)9(5-7)12(14)15/h3-6H,11H2,1-2H3. The number of carbonyl (C=O) groups is 1. The largest absolute Gasteiger partial charge is 0.479 e. The molecular weight excluding hydrogens is 228 g/mol. The van der Waals surface area contributed by atoms with Crippen molar-refractivity contribution in [3.63, 3.8) is 0 Å². The molecule has 0 fully saturated rings. The Morgan fingerprint density at radius 3 is 2.71 bits per heavy atom. The molecule has 0 radical (unpaired) electrons. The van der Waals surface area contributed by atoms with E-state index in [1.54, 1.807) is 0 Å². The molecule has 2 N–H and O–H groups in total. The zero-order chi connectivity index (χ0) is 13.0. The summed E-state index contributed by atoms with van der Waals surface area (Å²) in [7, 11) is 1.23. The molecule has 0 amide bonds. The van der Waals surface area contributed by atoms with Gasteiger partial charge in [0.25, 0.3) is 5.69 Å². The van der Waals surface area contributed by atoms with Crippen molar-refractivity contribution < 1.29 is 19.2 Å². The van der Waals surface area contributed by atoms with Gasteiger partial charge in [-0.25, -0.2) is 4.79 Å². The number of nitrogens with zero attached hydrogens (tertiary/aromatic N) is 1. The van der Waals surface area contributed by atoms with Crippen LogP contribution in [-0.2, 0) is 9.53 Å². The lowest BCUT2D eigenvalue weighted by Crippen LogP contribution is -2.24. The molecule has 92 valence electrons. The number of rotatable bonds is 4. The van der Waals surface area contributed by atoms with Crippen molar-refractivity contribution in [3.05, 3.63) is 28.3 Å². The minimum Gasteiger partial charge on any atom is -0.479 e. The highest BCUT2D eigenvalue weighted by atomic mass is 16.6. The molecule has 1 rings (SSSR count). The minimum atomic E-state index is -0.844. The number of nitro benzene ring substituents is 1. The summed E-state index contributed by atoms with van der Waals surface area (Å²) in [5.41, 5.74) is 5.19. The van der Waals surface area contributed by atoms with Gasteiger partial charge >= 0.3 is 5.97 Å². The average Bonchev–Trinajstić information content (AvgIpc) is 2.30. The fourth-order valence-corrected chi connectivity index (χ4v) is 1.17. The predicted molar refractivity (Wildman–Crippen MR) is 59.6 cm³/mol. The molecule has 0 aliphatic rings. The van der Waals surface area contributed by atoms with Crippen LogP contribution < -0.4 is 10.5 Å². The molecule has 0 aliphatic carbocycles. The summed E-state index contributed by atoms with van der Waals surface area (Å²) in [6.07, 6.45) is -0.844. The first kappa shape index (κ1) is 12.8. The highest BCUT2D eigenvalue weighted by Gasteiger charge is 2.18. The average molecular weight is 240 g/mol. The highest BCUT2D eigenvalue weighted by molar-refractivity contribution is 5.74. The molecule has 0 aromatic heterocycles. The Morgan fingerprint density at radius 1 is 1.53 bits per heavy atom. The Balaban J connectivity index is 2.90. The number of benzene rings is 1. The second-order valence-corrected chi connectivity index (χ2v) is 3.26. The third-order valence-electron chi connectivity index (χ3n) is 2.04. The summed E-state index contributed by atoms with van der Waals surface area (Å²) in [4.78, 5) is 21.1. The second kappa shape index (κ2) is 5.15. The molecule has 0 saturated carbocycles. The van der Waals surface area contributed by atoms with Gasteiger partial charge < -0.3 is 15.2 Å². The molecule has 17 heavy (non-hydrogen) atoms. The fraction of sp³-hybridized carbons (Fsp3) is 0.300. The van der Waals surface area contributed by atoms with E-state index >= 15 is 0 Å². The van der Waals surface area contributed by atoms with Gasteiger partial charge in [-0.3, -0.25) is 10.1 Å². The van der Waals surface area contributed by atoms with Crippen LogP contribution in [0.1, 0.15) is 6.92 Å². The maximum Gasteiger partial charge on any atom is 0.346 e. The number of carbonyl (C=O) groups excluding carboxylic acids is 1. The number of esters is 1. The SMILES string of the molecule is COC(=O)C(C)Oc1ccc(N)c([N+](=O)[O-])c1. The van der Waals surface area contributed by atoms with Crippen LogP contribution in [0.3, 0.4) is 0 Å². The van der Waals surface area contributed by atoms with E-state index in [0.29, 0.717) is 0 Å². The van der Waals surface area contributed by atoms with Crippen LogP contribution in [0.25, 0.3) is 0 Å². The van der Waals surface area contributed by atoms with E-state index in [1.807, 2.05) is 0 Å². The lowest BCUT2D eigenvalue weighted by Gasteiger charge is -2.12. The zero-order valence-corrected chi connectivity index (χ0v) is 9.38. The number of anilines is 1. The summed E-state index contributed by atoms with van der Waals surface area (Å²) in [5, 5.41) is 10.6. The number of nitrogens with two attached hydrogens (primary N) is 1. The minimum absolute atomic E-state index is 0.0353. The Morgan fingerprint density at radius 2 is 2.18 bits per heavy atom. The number of hydrogen-bond donors (Lipinski definition) is 1. The maximum absolute atomic E-state index is 11.1. The first-order valence-electron chi connectivity index (χ1n) is 4.74. The van der Waals surface area contributed by atoms with Crippen molar-refractivity contribution in [2.45, 2.75) is 13.0 Å². The van der Waals surface area contributed by atoms with Crippen LogP contribution in [0.5, 0.6) is 5.75 Å². The van der Waals surface area contributed by atoms with Crippen molar-refractivity contribution in [2.24, 2.45) is 0 Å². The van der Waals surface area contributed by atoms with Gasteiger partial charge in [0.2, 0.25) is 0 Å². The Labute approximate surface area is 97.3 Å². The van der Waals surface area contributed by atoms with Gasteiger partial charge in [-0.1, -0.05) is 0 Å². The fourth-order valence-electron chi connectivity index (χ4n) is 1.17. The van der Waals surface area contributed by atoms with Gasteiger partial charge in [-0.2, -0.15) is 0 Å². The summed E-state index contributed by atoms with van der Waals surface area (Å²) in [6.45, 7) is 1.48. The normalized spacial score (nSPS) is 11.6. The second-order valence-electron chi connectivity index (χ2n) is 3.26. The molecule has 0 spiro atoms. The van der Waals surface area contributed by atoms with Crippen LogP contribution in [0, 0.1) is 10.1 Å². The number of nitro groups is 1. The third kappa shape index (κ3) is 3.07. The first-order chi connectivity index (χ1) is 7.95. The van der Waals surface area contributed by atoms with Crippen molar-refractivity contribution in [2.75, 3.05) is 12.8 Å². The number of nitrogen functional groups attached to an aromatic ring is 1. The van der Waals surface area contributed by atoms with Crippen LogP contribution >= 0.6 is 0 Å². The summed E-state index contributed by atoms with van der Waals surface area (Å²) in [5.74, 6) is -0.381. The summed E-state index contributed by atoms with van der Waals surface area (Å²) >= 11 is 0. The van der Waals surface area contributed by atoms with Crippen LogP contribution in [0.2, 0.25) is 0 Å². The van der Waals surface area contributed by atoms with Gasteiger partial charge in [0, 0.05) is 0 Å². The maximum atomic E-state index is 11.1. The lowest BCUT2D eigenvalue weighted by molar-refractivity contribution is -0.384. The molecule has 0 heterocycles. The van der Waals surface area contributed by atoms with Crippen molar-refractivity contribution >= 4 is 17.3 Å². The summed E-state index contributed by atoms with van der Waals surface area (Å²) in [6, 6.07) is 3.95. The molecular formula is C10H12N2O5. The number of methoxy groups -OCH3 is 1. The van der Waals surface area contributed by atoms with Crippen LogP contribution in [-0.4, -0.2) is 24.1 Å². The van der Waals surface area contributed by atoms with Gasteiger partial charge in [0.15, 0.2) is 6.10 Å². The Hall–Kier alpha value is -2.31. The van der Waals surface area contributed by atoms with E-state index in [1.165, 1.54) is 26.2 Å². The molecule has 0 saturated heterocycles. The smallest absolute Gasteiger partial charge is 0.346 e. The number of hydrogen-bond acceptors (Lipinski definition) is 6. The topological polar surface area (TPSA) is 105 Å². The van der Waals surface area contributed by atoms with E-state index in [-0.39, 0.29) is 17.1 Å². The van der Waals surface area contributed by atoms with Crippen LogP contribution in [0.15, 0.2) is 18.2 Å². The molecule has 1 aromatic carbocycles. The summed E-state index contributed by atoms with van der Waals surface area (Å²) < 4.78 is 9.64. The zero-order valence-electron chi connectivity index (χ0n) is 9.38. The molecule has 1 atom stereocenters. The van der Waals surface area contributed by atoms with Gasteiger partial charge in [0.05, 0.1) is 18.1 Å². The molecule has 0 aliphatic heterocycles. The Kier molecular flexibility index (Phi) is 3.86. The van der Waals surface area contributed by atoms with E-state index in [9.17, 15) is 14.9 Å². The van der Waals surface area contributed by atoms with E-state index < -0.39 is 17.0 Å². The van der Waals surface area contributed by atoms with Crippen molar-refractivity contribution in [1.82, 2.24) is 0 Å². The molecule has 7 heteroatoms. The van der Waals surface area contributed by atoms with Crippen LogP contribution in [0.4, 0.5) is 11.4 Å².